The van der Waals surface area contributed by atoms with E-state index in [9.17, 15) is 10.1 Å². The Hall–Kier alpha value is -1.92. The Labute approximate surface area is 112 Å². The van der Waals surface area contributed by atoms with Crippen LogP contribution in [0.15, 0.2) is 0 Å². The Bertz CT molecular complexity index is 491. The molecule has 19 heavy (non-hydrogen) atoms. The van der Waals surface area contributed by atoms with Crippen LogP contribution in [0.2, 0.25) is 0 Å². The summed E-state index contributed by atoms with van der Waals surface area (Å²) in [6.07, 6.45) is 2.15. The monoisotopic (exact) mass is 265 g/mol. The smallest absolute Gasteiger partial charge is 0.332 e. The van der Waals surface area contributed by atoms with E-state index in [4.69, 9.17) is 0 Å². The lowest BCUT2D eigenvalue weighted by Crippen LogP contribution is -2.23. The van der Waals surface area contributed by atoms with Crippen LogP contribution in [0.1, 0.15) is 25.5 Å². The van der Waals surface area contributed by atoms with Crippen LogP contribution in [0.25, 0.3) is 0 Å². The molecule has 0 aliphatic carbocycles. The molecule has 2 heterocycles. The van der Waals surface area contributed by atoms with Gasteiger partial charge in [0.25, 0.3) is 0 Å². The Morgan fingerprint density at radius 3 is 2.79 bits per heavy atom. The van der Waals surface area contributed by atoms with Crippen molar-refractivity contribution >= 4 is 17.5 Å². The van der Waals surface area contributed by atoms with Gasteiger partial charge < -0.3 is 10.2 Å². The van der Waals surface area contributed by atoms with Gasteiger partial charge in [0, 0.05) is 20.1 Å². The van der Waals surface area contributed by atoms with Crippen LogP contribution >= 0.6 is 0 Å². The molecule has 1 aliphatic rings. The summed E-state index contributed by atoms with van der Waals surface area (Å²) in [7, 11) is 1.71. The van der Waals surface area contributed by atoms with Crippen molar-refractivity contribution in [3.05, 3.63) is 15.8 Å². The number of rotatable bonds is 4. The summed E-state index contributed by atoms with van der Waals surface area (Å²) in [6.45, 7) is 5.44. The van der Waals surface area contributed by atoms with Crippen molar-refractivity contribution < 1.29 is 4.92 Å². The van der Waals surface area contributed by atoms with Gasteiger partial charge in [-0.05, 0) is 19.3 Å². The standard InChI is InChI=1S/C12H19N5O2/c1-4-9-5-6-16(7-9)11-10(17(18)19)8(2)14-12(13-3)15-11/h9H,4-7H2,1-3H3,(H,13,14,15). The number of anilines is 2. The van der Waals surface area contributed by atoms with E-state index in [0.717, 1.165) is 25.9 Å². The average molecular weight is 265 g/mol. The highest BCUT2D eigenvalue weighted by atomic mass is 16.6. The number of hydrogen-bond acceptors (Lipinski definition) is 6. The van der Waals surface area contributed by atoms with Crippen molar-refractivity contribution in [3.63, 3.8) is 0 Å². The normalized spacial score (nSPS) is 18.7. The van der Waals surface area contributed by atoms with Crippen LogP contribution in [0.3, 0.4) is 0 Å². The van der Waals surface area contributed by atoms with Gasteiger partial charge in [-0.15, -0.1) is 0 Å². The van der Waals surface area contributed by atoms with Crippen molar-refractivity contribution in [3.8, 4) is 0 Å². The van der Waals surface area contributed by atoms with Crippen molar-refractivity contribution in [2.24, 2.45) is 5.92 Å². The maximum absolute atomic E-state index is 11.2. The molecule has 0 amide bonds. The van der Waals surface area contributed by atoms with E-state index in [0.29, 0.717) is 23.4 Å². The molecule has 0 saturated carbocycles. The van der Waals surface area contributed by atoms with Gasteiger partial charge in [0.15, 0.2) is 0 Å². The molecule has 0 radical (unpaired) electrons. The van der Waals surface area contributed by atoms with E-state index in [1.165, 1.54) is 0 Å². The number of nitrogens with one attached hydrogen (secondary N) is 1. The fourth-order valence-corrected chi connectivity index (χ4v) is 2.46. The topological polar surface area (TPSA) is 84.2 Å². The van der Waals surface area contributed by atoms with Gasteiger partial charge in [-0.25, -0.2) is 4.98 Å². The molecule has 104 valence electrons. The van der Waals surface area contributed by atoms with E-state index in [2.05, 4.69) is 22.2 Å². The summed E-state index contributed by atoms with van der Waals surface area (Å²) in [5.41, 5.74) is 0.426. The van der Waals surface area contributed by atoms with E-state index in [1.807, 2.05) is 4.90 Å². The van der Waals surface area contributed by atoms with Gasteiger partial charge in [-0.2, -0.15) is 4.98 Å². The molecule has 1 unspecified atom stereocenters. The lowest BCUT2D eigenvalue weighted by molar-refractivity contribution is -0.385. The van der Waals surface area contributed by atoms with Crippen LogP contribution in [0, 0.1) is 23.0 Å². The van der Waals surface area contributed by atoms with Gasteiger partial charge in [-0.3, -0.25) is 10.1 Å². The zero-order valence-corrected chi connectivity index (χ0v) is 11.5. The Kier molecular flexibility index (Phi) is 3.82. The van der Waals surface area contributed by atoms with Gasteiger partial charge in [0.2, 0.25) is 11.8 Å². The second kappa shape index (κ2) is 5.38. The highest BCUT2D eigenvalue weighted by Crippen LogP contribution is 2.33. The quantitative estimate of drug-likeness (QED) is 0.662. The fourth-order valence-electron chi connectivity index (χ4n) is 2.46. The Balaban J connectivity index is 2.42. The fraction of sp³-hybridized carbons (Fsp3) is 0.667. The molecular formula is C12H19N5O2. The van der Waals surface area contributed by atoms with Gasteiger partial charge in [0.1, 0.15) is 5.69 Å². The third-order valence-electron chi connectivity index (χ3n) is 3.61. The summed E-state index contributed by atoms with van der Waals surface area (Å²) < 4.78 is 0. The summed E-state index contributed by atoms with van der Waals surface area (Å²) in [5, 5.41) is 14.1. The third-order valence-corrected chi connectivity index (χ3v) is 3.61. The number of nitro groups is 1. The van der Waals surface area contributed by atoms with Crippen LogP contribution in [0.4, 0.5) is 17.5 Å². The van der Waals surface area contributed by atoms with Crippen LogP contribution < -0.4 is 10.2 Å². The highest BCUT2D eigenvalue weighted by Gasteiger charge is 2.30. The molecule has 1 aromatic rings. The Morgan fingerprint density at radius 2 is 2.26 bits per heavy atom. The zero-order chi connectivity index (χ0) is 14.0. The molecule has 0 aromatic carbocycles. The van der Waals surface area contributed by atoms with Crippen molar-refractivity contribution in [1.82, 2.24) is 9.97 Å². The first-order chi connectivity index (χ1) is 9.06. The second-order valence-corrected chi connectivity index (χ2v) is 4.82. The summed E-state index contributed by atoms with van der Waals surface area (Å²) >= 11 is 0. The minimum absolute atomic E-state index is 0.0238. The highest BCUT2D eigenvalue weighted by molar-refractivity contribution is 5.62. The molecule has 1 aromatic heterocycles. The summed E-state index contributed by atoms with van der Waals surface area (Å²) in [4.78, 5) is 21.2. The molecule has 7 heteroatoms. The third kappa shape index (κ3) is 2.59. The molecular weight excluding hydrogens is 246 g/mol. The minimum Gasteiger partial charge on any atom is -0.357 e. The zero-order valence-electron chi connectivity index (χ0n) is 11.5. The molecule has 1 aliphatic heterocycles. The first kappa shape index (κ1) is 13.5. The van der Waals surface area contributed by atoms with Gasteiger partial charge in [0.05, 0.1) is 4.92 Å². The van der Waals surface area contributed by atoms with E-state index >= 15 is 0 Å². The molecule has 7 nitrogen and oxygen atoms in total. The molecule has 2 rings (SSSR count). The van der Waals surface area contributed by atoms with Crippen LogP contribution in [0.5, 0.6) is 0 Å². The maximum Gasteiger partial charge on any atom is 0.332 e. The lowest BCUT2D eigenvalue weighted by Gasteiger charge is -2.18. The van der Waals surface area contributed by atoms with E-state index in [-0.39, 0.29) is 10.6 Å². The number of hydrogen-bond donors (Lipinski definition) is 1. The lowest BCUT2D eigenvalue weighted by atomic mass is 10.1. The van der Waals surface area contributed by atoms with Crippen LogP contribution in [-0.2, 0) is 0 Å². The predicted octanol–water partition coefficient (Wildman–Crippen LogP) is 1.97. The first-order valence-corrected chi connectivity index (χ1v) is 6.52. The number of aromatic nitrogens is 2. The molecule has 1 atom stereocenters. The molecule has 0 bridgehead atoms. The molecule has 0 spiro atoms. The first-order valence-electron chi connectivity index (χ1n) is 6.52. The van der Waals surface area contributed by atoms with Gasteiger partial charge in [-0.1, -0.05) is 13.3 Å². The van der Waals surface area contributed by atoms with Crippen LogP contribution in [-0.4, -0.2) is 35.0 Å². The Morgan fingerprint density at radius 1 is 1.53 bits per heavy atom. The van der Waals surface area contributed by atoms with Gasteiger partial charge >= 0.3 is 5.69 Å². The van der Waals surface area contributed by atoms with Crippen molar-refractivity contribution in [2.45, 2.75) is 26.7 Å². The maximum atomic E-state index is 11.2. The average Bonchev–Trinajstić information content (AvgIpc) is 2.85. The van der Waals surface area contributed by atoms with Crippen molar-refractivity contribution in [1.29, 1.82) is 0 Å². The van der Waals surface area contributed by atoms with Crippen molar-refractivity contribution in [2.75, 3.05) is 30.4 Å². The minimum atomic E-state index is -0.386. The van der Waals surface area contributed by atoms with E-state index < -0.39 is 0 Å². The SMILES string of the molecule is CCC1CCN(c2nc(NC)nc(C)c2[N+](=O)[O-])C1. The van der Waals surface area contributed by atoms with E-state index in [1.54, 1.807) is 14.0 Å². The molecule has 1 fully saturated rings. The summed E-state index contributed by atoms with van der Waals surface area (Å²) in [6, 6.07) is 0. The predicted molar refractivity (Wildman–Crippen MR) is 73.6 cm³/mol. The second-order valence-electron chi connectivity index (χ2n) is 4.82. The molecule has 1 saturated heterocycles. The summed E-state index contributed by atoms with van der Waals surface area (Å²) in [5.74, 6) is 1.46. The number of aryl methyl sites for hydroxylation is 1. The molecule has 1 N–H and O–H groups in total. The number of nitrogens with zero attached hydrogens (tertiary/aromatic N) is 4. The largest absolute Gasteiger partial charge is 0.357 e.